The Morgan fingerprint density at radius 1 is 1.33 bits per heavy atom. The molecule has 3 heteroatoms. The van der Waals surface area contributed by atoms with Gasteiger partial charge in [0.05, 0.1) is 0 Å². The van der Waals surface area contributed by atoms with Gasteiger partial charge >= 0.3 is 0 Å². The van der Waals surface area contributed by atoms with E-state index in [1.54, 1.807) is 0 Å². The van der Waals surface area contributed by atoms with E-state index in [1.807, 2.05) is 6.07 Å². The lowest BCUT2D eigenvalue weighted by Gasteiger charge is -2.27. The van der Waals surface area contributed by atoms with Gasteiger partial charge in [-0.3, -0.25) is 11.3 Å². The Hall–Kier alpha value is -0.570. The van der Waals surface area contributed by atoms with E-state index in [-0.39, 0.29) is 6.04 Å². The van der Waals surface area contributed by atoms with Crippen LogP contribution in [-0.4, -0.2) is 0 Å². The molecule has 3 N–H and O–H groups in total. The molecule has 0 amide bonds. The molecular weight excluding hydrogens is 244 g/mol. The lowest BCUT2D eigenvalue weighted by molar-refractivity contribution is 0.301. The van der Waals surface area contributed by atoms with E-state index < -0.39 is 0 Å². The molecule has 18 heavy (non-hydrogen) atoms. The van der Waals surface area contributed by atoms with Gasteiger partial charge in [-0.2, -0.15) is 0 Å². The Morgan fingerprint density at radius 2 is 2.06 bits per heavy atom. The average molecular weight is 267 g/mol. The van der Waals surface area contributed by atoms with Crippen molar-refractivity contribution in [2.24, 2.45) is 11.8 Å². The van der Waals surface area contributed by atoms with Crippen molar-refractivity contribution in [3.8, 4) is 0 Å². The van der Waals surface area contributed by atoms with Gasteiger partial charge in [0.25, 0.3) is 0 Å². The van der Waals surface area contributed by atoms with Crippen LogP contribution < -0.4 is 11.3 Å². The predicted octanol–water partition coefficient (Wildman–Crippen LogP) is 4.12. The van der Waals surface area contributed by atoms with Crippen molar-refractivity contribution in [1.29, 1.82) is 0 Å². The van der Waals surface area contributed by atoms with Crippen molar-refractivity contribution in [2.75, 3.05) is 0 Å². The smallest absolute Gasteiger partial charge is 0.0477 e. The monoisotopic (exact) mass is 266 g/mol. The highest BCUT2D eigenvalue weighted by Gasteiger charge is 2.20. The normalized spacial score (nSPS) is 18.8. The summed E-state index contributed by atoms with van der Waals surface area (Å²) in [7, 11) is 0. The second-order valence-electron chi connectivity index (χ2n) is 5.48. The Balaban J connectivity index is 2.07. The van der Waals surface area contributed by atoms with Crippen LogP contribution in [-0.2, 0) is 0 Å². The highest BCUT2D eigenvalue weighted by Crippen LogP contribution is 2.34. The lowest BCUT2D eigenvalue weighted by atomic mass is 9.83. The first kappa shape index (κ1) is 13.9. The van der Waals surface area contributed by atoms with Crippen LogP contribution in [0.15, 0.2) is 18.2 Å². The molecule has 0 bridgehead atoms. The molecule has 1 aromatic carbocycles. The maximum absolute atomic E-state index is 6.33. The average Bonchev–Trinajstić information content (AvgIpc) is 2.38. The third-order valence-electron chi connectivity index (χ3n) is 4.03. The van der Waals surface area contributed by atoms with E-state index in [0.717, 1.165) is 22.9 Å². The van der Waals surface area contributed by atoms with Gasteiger partial charge in [-0.15, -0.1) is 0 Å². The molecule has 0 heterocycles. The van der Waals surface area contributed by atoms with E-state index >= 15 is 0 Å². The summed E-state index contributed by atoms with van der Waals surface area (Å²) in [4.78, 5) is 0. The lowest BCUT2D eigenvalue weighted by Crippen LogP contribution is -2.30. The summed E-state index contributed by atoms with van der Waals surface area (Å²) in [6.07, 6.45) is 7.89. The number of hydrazine groups is 1. The minimum absolute atomic E-state index is 0.182. The van der Waals surface area contributed by atoms with Crippen molar-refractivity contribution in [3.63, 3.8) is 0 Å². The summed E-state index contributed by atoms with van der Waals surface area (Å²) < 4.78 is 0. The van der Waals surface area contributed by atoms with Crippen LogP contribution in [0.5, 0.6) is 0 Å². The number of nitrogens with one attached hydrogen (secondary N) is 1. The molecule has 1 aliphatic rings. The molecule has 0 saturated heterocycles. The third-order valence-corrected chi connectivity index (χ3v) is 4.35. The molecule has 0 aliphatic heterocycles. The van der Waals surface area contributed by atoms with Gasteiger partial charge in [0.2, 0.25) is 0 Å². The van der Waals surface area contributed by atoms with E-state index in [9.17, 15) is 0 Å². The van der Waals surface area contributed by atoms with Gasteiger partial charge in [-0.05, 0) is 36.5 Å². The summed E-state index contributed by atoms with van der Waals surface area (Å²) in [5, 5.41) is 0.828. The van der Waals surface area contributed by atoms with Gasteiger partial charge < -0.3 is 0 Å². The molecular formula is C15H23ClN2. The number of nitrogens with two attached hydrogens (primary N) is 1. The van der Waals surface area contributed by atoms with Crippen LogP contribution in [0.2, 0.25) is 5.02 Å². The number of hydrogen-bond acceptors (Lipinski definition) is 2. The third kappa shape index (κ3) is 3.47. The van der Waals surface area contributed by atoms with E-state index in [0.29, 0.717) is 0 Å². The Morgan fingerprint density at radius 3 is 2.67 bits per heavy atom. The van der Waals surface area contributed by atoms with Crippen molar-refractivity contribution >= 4 is 11.6 Å². The standard InChI is InChI=1S/C15H23ClN2/c1-11-7-8-13(14(16)9-11)15(18-17)10-12-5-3-2-4-6-12/h7-9,12,15,18H,2-6,10,17H2,1H3. The fourth-order valence-corrected chi connectivity index (χ4v) is 3.32. The number of hydrogen-bond donors (Lipinski definition) is 2. The second kappa shape index (κ2) is 6.55. The molecule has 0 aromatic heterocycles. The van der Waals surface area contributed by atoms with Crippen LogP contribution in [0, 0.1) is 12.8 Å². The first-order valence-electron chi connectivity index (χ1n) is 6.93. The summed E-state index contributed by atoms with van der Waals surface area (Å²) >= 11 is 6.33. The Kier molecular flexibility index (Phi) is 5.04. The van der Waals surface area contributed by atoms with Crippen molar-refractivity contribution in [2.45, 2.75) is 51.5 Å². The highest BCUT2D eigenvalue weighted by atomic mass is 35.5. The summed E-state index contributed by atoms with van der Waals surface area (Å²) in [6.45, 7) is 2.06. The number of benzene rings is 1. The highest BCUT2D eigenvalue weighted by molar-refractivity contribution is 6.31. The molecule has 1 unspecified atom stereocenters. The quantitative estimate of drug-likeness (QED) is 0.635. The molecule has 0 radical (unpaired) electrons. The zero-order valence-corrected chi connectivity index (χ0v) is 11.8. The number of aryl methyl sites for hydroxylation is 1. The maximum Gasteiger partial charge on any atom is 0.0477 e. The zero-order valence-electron chi connectivity index (χ0n) is 11.1. The van der Waals surface area contributed by atoms with E-state index in [1.165, 1.54) is 37.7 Å². The fourth-order valence-electron chi connectivity index (χ4n) is 2.96. The van der Waals surface area contributed by atoms with Crippen molar-refractivity contribution in [1.82, 2.24) is 5.43 Å². The van der Waals surface area contributed by atoms with E-state index in [4.69, 9.17) is 17.4 Å². The van der Waals surface area contributed by atoms with Crippen LogP contribution in [0.3, 0.4) is 0 Å². The summed E-state index contributed by atoms with van der Waals surface area (Å²) in [6, 6.07) is 6.40. The van der Waals surface area contributed by atoms with Gasteiger partial charge in [0, 0.05) is 11.1 Å². The Labute approximate surface area is 115 Å². The van der Waals surface area contributed by atoms with Crippen molar-refractivity contribution < 1.29 is 0 Å². The molecule has 1 atom stereocenters. The number of rotatable bonds is 4. The molecule has 2 rings (SSSR count). The van der Waals surface area contributed by atoms with Crippen molar-refractivity contribution in [3.05, 3.63) is 34.3 Å². The number of halogens is 1. The van der Waals surface area contributed by atoms with Gasteiger partial charge in [-0.1, -0.05) is 55.8 Å². The minimum atomic E-state index is 0.182. The van der Waals surface area contributed by atoms with E-state index in [2.05, 4.69) is 24.5 Å². The second-order valence-corrected chi connectivity index (χ2v) is 5.89. The SMILES string of the molecule is Cc1ccc(C(CC2CCCCC2)NN)c(Cl)c1. The molecule has 1 fully saturated rings. The minimum Gasteiger partial charge on any atom is -0.271 e. The molecule has 1 aliphatic carbocycles. The topological polar surface area (TPSA) is 38.0 Å². The molecule has 2 nitrogen and oxygen atoms in total. The summed E-state index contributed by atoms with van der Waals surface area (Å²) in [5.74, 6) is 6.51. The van der Waals surface area contributed by atoms with Crippen LogP contribution in [0.4, 0.5) is 0 Å². The van der Waals surface area contributed by atoms with Crippen LogP contribution in [0.1, 0.15) is 55.7 Å². The first-order valence-corrected chi connectivity index (χ1v) is 7.30. The predicted molar refractivity (Wildman–Crippen MR) is 77.4 cm³/mol. The fraction of sp³-hybridized carbons (Fsp3) is 0.600. The van der Waals surface area contributed by atoms with Crippen LogP contribution in [0.25, 0.3) is 0 Å². The van der Waals surface area contributed by atoms with Gasteiger partial charge in [0.15, 0.2) is 0 Å². The molecule has 1 aromatic rings. The first-order chi connectivity index (χ1) is 8.70. The van der Waals surface area contributed by atoms with Crippen LogP contribution >= 0.6 is 11.6 Å². The maximum atomic E-state index is 6.33. The largest absolute Gasteiger partial charge is 0.271 e. The zero-order chi connectivity index (χ0) is 13.0. The molecule has 1 saturated carbocycles. The molecule has 0 spiro atoms. The van der Waals surface area contributed by atoms with Gasteiger partial charge in [0.1, 0.15) is 0 Å². The Bertz CT molecular complexity index is 386. The summed E-state index contributed by atoms with van der Waals surface area (Å²) in [5.41, 5.74) is 5.27. The van der Waals surface area contributed by atoms with Gasteiger partial charge in [-0.25, -0.2) is 0 Å². The molecule has 100 valence electrons.